The second kappa shape index (κ2) is 10.7. The van der Waals surface area contributed by atoms with Gasteiger partial charge in [0.05, 0.1) is 28.3 Å². The van der Waals surface area contributed by atoms with E-state index in [-0.39, 0.29) is 22.8 Å². The van der Waals surface area contributed by atoms with Gasteiger partial charge in [0, 0.05) is 17.7 Å². The number of nitrogens with zero attached hydrogens (tertiary/aromatic N) is 2. The lowest BCUT2D eigenvalue weighted by Gasteiger charge is -2.44. The second-order valence-electron chi connectivity index (χ2n) is 11.8. The highest BCUT2D eigenvalue weighted by molar-refractivity contribution is 6.32. The van der Waals surface area contributed by atoms with E-state index in [4.69, 9.17) is 22.1 Å². The summed E-state index contributed by atoms with van der Waals surface area (Å²) in [5, 5.41) is 10.7. The molecule has 0 saturated heterocycles. The molecule has 7 heteroatoms. The van der Waals surface area contributed by atoms with Crippen molar-refractivity contribution in [3.63, 3.8) is 0 Å². The molecule has 0 spiro atoms. The van der Waals surface area contributed by atoms with Gasteiger partial charge in [0.1, 0.15) is 24.0 Å². The third-order valence-corrected chi connectivity index (χ3v) is 8.32. The molecule has 210 valence electrons. The molecule has 0 amide bonds. The van der Waals surface area contributed by atoms with Crippen molar-refractivity contribution >= 4 is 23.1 Å². The predicted molar refractivity (Wildman–Crippen MR) is 160 cm³/mol. The van der Waals surface area contributed by atoms with Gasteiger partial charge in [-0.15, -0.1) is 0 Å². The smallest absolute Gasteiger partial charge is 0.162 e. The Morgan fingerprint density at radius 1 is 1.12 bits per heavy atom. The van der Waals surface area contributed by atoms with E-state index in [0.717, 1.165) is 39.2 Å². The van der Waals surface area contributed by atoms with Crippen molar-refractivity contribution in [3.05, 3.63) is 116 Å². The number of ether oxygens (including phenoxy) is 1. The standard InChI is InChI=1S/C34H33ClFN3O2/c1-19-12-22(18-41-30-11-10-23(36)14-26(30)35)21(3)24(13-19)31-25(17-37)33(38)39(27-9-7-6-8-20(27)2)28-15-34(4,5)16-29(40)32(28)31/h6-14,31H,15-16,18,38H2,1-5H3. The fourth-order valence-corrected chi connectivity index (χ4v) is 6.29. The summed E-state index contributed by atoms with van der Waals surface area (Å²) in [7, 11) is 0. The first-order valence-corrected chi connectivity index (χ1v) is 14.0. The molecule has 1 unspecified atom stereocenters. The lowest BCUT2D eigenvalue weighted by molar-refractivity contribution is -0.118. The number of hydrogen-bond acceptors (Lipinski definition) is 5. The predicted octanol–water partition coefficient (Wildman–Crippen LogP) is 7.92. The van der Waals surface area contributed by atoms with E-state index in [2.05, 4.69) is 19.9 Å². The van der Waals surface area contributed by atoms with Crippen molar-refractivity contribution in [1.29, 1.82) is 5.26 Å². The number of benzene rings is 3. The van der Waals surface area contributed by atoms with Crippen LogP contribution in [0.4, 0.5) is 10.1 Å². The number of halogens is 2. The molecule has 2 aliphatic rings. The first kappa shape index (κ1) is 28.4. The third-order valence-electron chi connectivity index (χ3n) is 8.03. The first-order valence-electron chi connectivity index (χ1n) is 13.6. The highest BCUT2D eigenvalue weighted by Crippen LogP contribution is 2.51. The maximum atomic E-state index is 14.0. The maximum Gasteiger partial charge on any atom is 0.162 e. The minimum atomic E-state index is -0.605. The van der Waals surface area contributed by atoms with Gasteiger partial charge < -0.3 is 10.5 Å². The van der Waals surface area contributed by atoms with Gasteiger partial charge >= 0.3 is 0 Å². The van der Waals surface area contributed by atoms with Gasteiger partial charge in [0.2, 0.25) is 0 Å². The molecule has 3 aromatic rings. The first-order chi connectivity index (χ1) is 19.4. The van der Waals surface area contributed by atoms with E-state index in [9.17, 15) is 14.4 Å². The zero-order valence-corrected chi connectivity index (χ0v) is 24.7. The quantitative estimate of drug-likeness (QED) is 0.337. The van der Waals surface area contributed by atoms with Crippen molar-refractivity contribution in [1.82, 2.24) is 0 Å². The van der Waals surface area contributed by atoms with Crippen LogP contribution in [0.2, 0.25) is 5.02 Å². The lowest BCUT2D eigenvalue weighted by Crippen LogP contribution is -2.42. The average Bonchev–Trinajstić information content (AvgIpc) is 2.89. The van der Waals surface area contributed by atoms with Crippen molar-refractivity contribution in [3.8, 4) is 11.8 Å². The summed E-state index contributed by atoms with van der Waals surface area (Å²) in [6.07, 6.45) is 1.02. The van der Waals surface area contributed by atoms with Crippen LogP contribution in [0.25, 0.3) is 0 Å². The van der Waals surface area contributed by atoms with Crippen LogP contribution in [0.3, 0.4) is 0 Å². The van der Waals surface area contributed by atoms with E-state index >= 15 is 0 Å². The summed E-state index contributed by atoms with van der Waals surface area (Å²) in [6, 6.07) is 18.3. The summed E-state index contributed by atoms with van der Waals surface area (Å²) in [5.74, 6) is -0.304. The Bertz CT molecular complexity index is 1680. The number of allylic oxidation sites excluding steroid dienone is 3. The van der Waals surface area contributed by atoms with Crippen LogP contribution >= 0.6 is 11.6 Å². The Morgan fingerprint density at radius 3 is 2.54 bits per heavy atom. The molecule has 1 aliphatic carbocycles. The molecular weight excluding hydrogens is 537 g/mol. The molecule has 5 rings (SSSR count). The van der Waals surface area contributed by atoms with Gasteiger partial charge in [0.25, 0.3) is 0 Å². The number of ketones is 1. The van der Waals surface area contributed by atoms with Crippen LogP contribution in [0.5, 0.6) is 5.75 Å². The third kappa shape index (κ3) is 5.23. The second-order valence-corrected chi connectivity index (χ2v) is 12.2. The number of para-hydroxylation sites is 1. The van der Waals surface area contributed by atoms with Crippen LogP contribution in [0.1, 0.15) is 60.4 Å². The van der Waals surface area contributed by atoms with E-state index < -0.39 is 11.7 Å². The zero-order chi connectivity index (χ0) is 29.6. The fraction of sp³-hybridized carbons (Fsp3) is 0.294. The largest absolute Gasteiger partial charge is 0.487 e. The number of hydrogen-bond donors (Lipinski definition) is 1. The molecule has 3 aromatic carbocycles. The van der Waals surface area contributed by atoms with E-state index in [1.165, 1.54) is 18.2 Å². The van der Waals surface area contributed by atoms with Gasteiger partial charge in [-0.05, 0) is 79.1 Å². The number of rotatable bonds is 5. The summed E-state index contributed by atoms with van der Waals surface area (Å²) in [6.45, 7) is 10.3. The van der Waals surface area contributed by atoms with E-state index in [1.54, 1.807) is 0 Å². The topological polar surface area (TPSA) is 79.3 Å². The highest BCUT2D eigenvalue weighted by atomic mass is 35.5. The molecule has 0 aromatic heterocycles. The monoisotopic (exact) mass is 569 g/mol. The van der Waals surface area contributed by atoms with Crippen LogP contribution in [0, 0.1) is 43.3 Å². The molecule has 0 fully saturated rings. The summed E-state index contributed by atoms with van der Waals surface area (Å²) < 4.78 is 19.5. The van der Waals surface area contributed by atoms with Crippen molar-refractivity contribution < 1.29 is 13.9 Å². The van der Waals surface area contributed by atoms with Crippen molar-refractivity contribution in [2.45, 2.75) is 60.0 Å². The zero-order valence-electron chi connectivity index (χ0n) is 23.9. The fourth-order valence-electron chi connectivity index (χ4n) is 6.07. The Morgan fingerprint density at radius 2 is 1.85 bits per heavy atom. The number of carbonyl (C=O) groups excluding carboxylic acids is 1. The molecule has 1 aliphatic heterocycles. The molecular formula is C34H33ClFN3O2. The minimum absolute atomic E-state index is 0.0249. The Balaban J connectivity index is 1.67. The molecule has 5 nitrogen and oxygen atoms in total. The number of nitrogens with two attached hydrogens (primary N) is 1. The van der Waals surface area contributed by atoms with E-state index in [1.807, 2.05) is 62.1 Å². The van der Waals surface area contributed by atoms with Gasteiger partial charge in [-0.2, -0.15) is 5.26 Å². The van der Waals surface area contributed by atoms with Gasteiger partial charge in [-0.1, -0.05) is 61.3 Å². The number of Topliss-reactive ketones (excluding diaryl/α,β-unsaturated/α-hetero) is 1. The lowest BCUT2D eigenvalue weighted by atomic mass is 9.67. The number of aryl methyl sites for hydroxylation is 2. The van der Waals surface area contributed by atoms with Crippen LogP contribution in [-0.4, -0.2) is 5.78 Å². The van der Waals surface area contributed by atoms with Crippen molar-refractivity contribution in [2.75, 3.05) is 4.90 Å². The van der Waals surface area contributed by atoms with Crippen LogP contribution < -0.4 is 15.4 Å². The van der Waals surface area contributed by atoms with E-state index in [0.29, 0.717) is 35.6 Å². The number of nitriles is 1. The molecule has 41 heavy (non-hydrogen) atoms. The molecule has 1 atom stereocenters. The normalized spacial score (nSPS) is 18.3. The summed E-state index contributed by atoms with van der Waals surface area (Å²) in [5.41, 5.74) is 13.9. The summed E-state index contributed by atoms with van der Waals surface area (Å²) >= 11 is 6.20. The molecule has 2 N–H and O–H groups in total. The van der Waals surface area contributed by atoms with Gasteiger partial charge in [-0.25, -0.2) is 4.39 Å². The Kier molecular flexibility index (Phi) is 7.44. The maximum absolute atomic E-state index is 14.0. The number of anilines is 1. The Labute approximate surface area is 245 Å². The molecule has 0 bridgehead atoms. The van der Waals surface area contributed by atoms with Crippen molar-refractivity contribution in [2.24, 2.45) is 11.1 Å². The summed E-state index contributed by atoms with van der Waals surface area (Å²) in [4.78, 5) is 15.9. The van der Waals surface area contributed by atoms with Gasteiger partial charge in [-0.3, -0.25) is 9.69 Å². The molecule has 0 radical (unpaired) electrons. The minimum Gasteiger partial charge on any atom is -0.487 e. The van der Waals surface area contributed by atoms with Gasteiger partial charge in [0.15, 0.2) is 5.78 Å². The number of carbonyl (C=O) groups is 1. The molecule has 1 heterocycles. The van der Waals surface area contributed by atoms with Crippen LogP contribution in [0.15, 0.2) is 77.3 Å². The average molecular weight is 570 g/mol. The molecule has 0 saturated carbocycles. The highest BCUT2D eigenvalue weighted by Gasteiger charge is 2.45. The van der Waals surface area contributed by atoms with Crippen LogP contribution in [-0.2, 0) is 11.4 Å². The Hall–Kier alpha value is -4.08. The SMILES string of the molecule is Cc1cc(COc2ccc(F)cc2Cl)c(C)c(C2C(C#N)=C(N)N(c3ccccc3C)C3=C2C(=O)CC(C)(C)C3)c1.